The highest BCUT2D eigenvalue weighted by molar-refractivity contribution is 7.89. The topological polar surface area (TPSA) is 157 Å². The van der Waals surface area contributed by atoms with Crippen molar-refractivity contribution in [3.8, 4) is 0 Å². The van der Waals surface area contributed by atoms with Crippen LogP contribution in [0.2, 0.25) is 0 Å². The van der Waals surface area contributed by atoms with E-state index in [1.807, 2.05) is 0 Å². The van der Waals surface area contributed by atoms with Crippen LogP contribution in [0.4, 0.5) is 4.79 Å². The van der Waals surface area contributed by atoms with Crippen LogP contribution >= 0.6 is 0 Å². The van der Waals surface area contributed by atoms with Crippen molar-refractivity contribution in [2.24, 2.45) is 5.14 Å². The normalized spacial score (nSPS) is 11.4. The maximum absolute atomic E-state index is 11.7. The second kappa shape index (κ2) is 9.33. The van der Waals surface area contributed by atoms with E-state index in [9.17, 15) is 22.8 Å². The molecule has 1 rings (SSSR count). The Hall–Kier alpha value is -2.66. The summed E-state index contributed by atoms with van der Waals surface area (Å²) in [6.45, 7) is 4.63. The number of carbonyl (C=O) groups excluding carboxylic acids is 3. The lowest BCUT2D eigenvalue weighted by Gasteiger charge is -2.19. The number of hydrogen-bond acceptors (Lipinski definition) is 6. The highest BCUT2D eigenvalue weighted by Gasteiger charge is 2.16. The molecule has 0 saturated heterocycles. The molecule has 0 aliphatic carbocycles. The molecular weight excluding hydrogens is 376 g/mol. The summed E-state index contributed by atoms with van der Waals surface area (Å²) in [5, 5.41) is 12.2. The Morgan fingerprint density at radius 3 is 2.00 bits per heavy atom. The van der Waals surface area contributed by atoms with Gasteiger partial charge in [-0.25, -0.2) is 18.4 Å². The van der Waals surface area contributed by atoms with Gasteiger partial charge in [-0.15, -0.1) is 0 Å². The number of hydrogen-bond donors (Lipinski definition) is 4. The van der Waals surface area contributed by atoms with Crippen LogP contribution in [0.3, 0.4) is 0 Å². The lowest BCUT2D eigenvalue weighted by Crippen LogP contribution is -2.43. The van der Waals surface area contributed by atoms with Crippen LogP contribution < -0.4 is 21.1 Å². The molecule has 11 heteroatoms. The maximum atomic E-state index is 11.7. The first kappa shape index (κ1) is 22.4. The van der Waals surface area contributed by atoms with E-state index in [2.05, 4.69) is 16.0 Å². The number of nitrogens with one attached hydrogen (secondary N) is 3. The van der Waals surface area contributed by atoms with E-state index in [1.165, 1.54) is 24.3 Å². The summed E-state index contributed by atoms with van der Waals surface area (Å²) in [5.41, 5.74) is -0.0128. The van der Waals surface area contributed by atoms with Gasteiger partial charge < -0.3 is 20.7 Å². The lowest BCUT2D eigenvalue weighted by molar-refractivity contribution is -0.125. The van der Waals surface area contributed by atoms with Gasteiger partial charge >= 0.3 is 6.09 Å². The quantitative estimate of drug-likeness (QED) is 0.487. The number of amides is 3. The van der Waals surface area contributed by atoms with E-state index in [-0.39, 0.29) is 24.5 Å². The fourth-order valence-corrected chi connectivity index (χ4v) is 2.28. The first-order valence-corrected chi connectivity index (χ1v) is 9.53. The summed E-state index contributed by atoms with van der Waals surface area (Å²) in [6, 6.07) is 5.70. The number of benzene rings is 1. The summed E-state index contributed by atoms with van der Waals surface area (Å²) >= 11 is 0. The third kappa shape index (κ3) is 9.56. The number of rotatable bonds is 7. The third-order valence-corrected chi connectivity index (χ3v) is 3.91. The fourth-order valence-electron chi connectivity index (χ4n) is 1.77. The number of sulfonamides is 1. The highest BCUT2D eigenvalue weighted by atomic mass is 32.2. The Bertz CT molecular complexity index is 784. The third-order valence-electron chi connectivity index (χ3n) is 2.98. The van der Waals surface area contributed by atoms with E-state index >= 15 is 0 Å². The predicted molar refractivity (Wildman–Crippen MR) is 96.9 cm³/mol. The van der Waals surface area contributed by atoms with Crippen molar-refractivity contribution >= 4 is 27.9 Å². The van der Waals surface area contributed by atoms with Crippen LogP contribution in [-0.4, -0.2) is 45.0 Å². The van der Waals surface area contributed by atoms with Crippen LogP contribution in [0.1, 0.15) is 26.3 Å². The second-order valence-corrected chi connectivity index (χ2v) is 8.16. The molecule has 150 valence electrons. The largest absolute Gasteiger partial charge is 0.444 e. The molecule has 0 saturated carbocycles. The van der Waals surface area contributed by atoms with Gasteiger partial charge in [0.25, 0.3) is 0 Å². The van der Waals surface area contributed by atoms with E-state index < -0.39 is 33.5 Å². The molecule has 0 aromatic heterocycles. The molecule has 0 heterocycles. The first-order chi connectivity index (χ1) is 12.4. The Balaban J connectivity index is 2.31. The van der Waals surface area contributed by atoms with E-state index in [0.29, 0.717) is 5.56 Å². The molecular formula is C16H24N4O6S. The molecule has 0 aliphatic rings. The number of ether oxygens (including phenoxy) is 1. The summed E-state index contributed by atoms with van der Waals surface area (Å²) in [7, 11) is -3.76. The zero-order chi connectivity index (χ0) is 20.7. The Morgan fingerprint density at radius 2 is 1.48 bits per heavy atom. The zero-order valence-electron chi connectivity index (χ0n) is 15.4. The van der Waals surface area contributed by atoms with Crippen LogP contribution in [-0.2, 0) is 30.9 Å². The molecule has 0 spiro atoms. The van der Waals surface area contributed by atoms with Crippen LogP contribution in [0.25, 0.3) is 0 Å². The molecule has 0 atom stereocenters. The fraction of sp³-hybridized carbons (Fsp3) is 0.438. The smallest absolute Gasteiger partial charge is 0.408 e. The first-order valence-electron chi connectivity index (χ1n) is 7.99. The van der Waals surface area contributed by atoms with Crippen molar-refractivity contribution in [3.05, 3.63) is 29.8 Å². The standard InChI is InChI=1S/C16H24N4O6S/c1-16(2,3)26-15(23)20-10-14(22)19-9-13(21)18-8-11-4-6-12(7-5-11)27(17,24)25/h4-7H,8-10H2,1-3H3,(H,18,21)(H,19,22)(H,20,23)(H2,17,24,25). The lowest BCUT2D eigenvalue weighted by atomic mass is 10.2. The van der Waals surface area contributed by atoms with Crippen molar-refractivity contribution < 1.29 is 27.5 Å². The molecule has 0 radical (unpaired) electrons. The van der Waals surface area contributed by atoms with Gasteiger partial charge in [-0.3, -0.25) is 9.59 Å². The van der Waals surface area contributed by atoms with Gasteiger partial charge in [-0.2, -0.15) is 0 Å². The van der Waals surface area contributed by atoms with E-state index in [0.717, 1.165) is 0 Å². The number of carbonyl (C=O) groups is 3. The van der Waals surface area contributed by atoms with Gasteiger partial charge in [0.15, 0.2) is 0 Å². The monoisotopic (exact) mass is 400 g/mol. The van der Waals surface area contributed by atoms with Gasteiger partial charge in [0, 0.05) is 6.54 Å². The Labute approximate surface area is 157 Å². The number of primary sulfonamides is 1. The van der Waals surface area contributed by atoms with Gasteiger partial charge in [0.1, 0.15) is 12.1 Å². The minimum absolute atomic E-state index is 0.0256. The summed E-state index contributed by atoms with van der Waals surface area (Å²) in [4.78, 5) is 34.7. The van der Waals surface area contributed by atoms with Gasteiger partial charge in [-0.05, 0) is 38.5 Å². The predicted octanol–water partition coefficient (Wildman–Crippen LogP) is -0.409. The Kier molecular flexibility index (Phi) is 7.73. The molecule has 10 nitrogen and oxygen atoms in total. The molecule has 27 heavy (non-hydrogen) atoms. The van der Waals surface area contributed by atoms with Crippen LogP contribution in [0, 0.1) is 0 Å². The Morgan fingerprint density at radius 1 is 0.963 bits per heavy atom. The molecule has 5 N–H and O–H groups in total. The molecule has 0 fully saturated rings. The summed E-state index contributed by atoms with van der Waals surface area (Å²) in [6.07, 6.45) is -0.731. The molecule has 0 bridgehead atoms. The summed E-state index contributed by atoms with van der Waals surface area (Å²) < 4.78 is 27.3. The van der Waals surface area contributed by atoms with E-state index in [4.69, 9.17) is 9.88 Å². The minimum atomic E-state index is -3.76. The van der Waals surface area contributed by atoms with Gasteiger partial charge in [0.2, 0.25) is 21.8 Å². The van der Waals surface area contributed by atoms with Gasteiger partial charge in [-0.1, -0.05) is 12.1 Å². The average molecular weight is 400 g/mol. The highest BCUT2D eigenvalue weighted by Crippen LogP contribution is 2.08. The van der Waals surface area contributed by atoms with E-state index in [1.54, 1.807) is 20.8 Å². The van der Waals surface area contributed by atoms with Crippen molar-refractivity contribution in [3.63, 3.8) is 0 Å². The number of nitrogens with two attached hydrogens (primary N) is 1. The number of alkyl carbamates (subject to hydrolysis) is 1. The van der Waals surface area contributed by atoms with Crippen LogP contribution in [0.5, 0.6) is 0 Å². The average Bonchev–Trinajstić information content (AvgIpc) is 2.54. The summed E-state index contributed by atoms with van der Waals surface area (Å²) in [5.74, 6) is -0.996. The molecule has 0 aliphatic heterocycles. The molecule has 3 amide bonds. The zero-order valence-corrected chi connectivity index (χ0v) is 16.2. The molecule has 1 aromatic carbocycles. The van der Waals surface area contributed by atoms with Crippen molar-refractivity contribution in [1.82, 2.24) is 16.0 Å². The minimum Gasteiger partial charge on any atom is -0.444 e. The second-order valence-electron chi connectivity index (χ2n) is 6.60. The molecule has 0 unspecified atom stereocenters. The van der Waals surface area contributed by atoms with Crippen LogP contribution in [0.15, 0.2) is 29.2 Å². The molecule has 1 aromatic rings. The van der Waals surface area contributed by atoms with Crippen molar-refractivity contribution in [2.45, 2.75) is 37.8 Å². The maximum Gasteiger partial charge on any atom is 0.408 e. The van der Waals surface area contributed by atoms with Crippen molar-refractivity contribution in [2.75, 3.05) is 13.1 Å². The SMILES string of the molecule is CC(C)(C)OC(=O)NCC(=O)NCC(=O)NCc1ccc(S(N)(=O)=O)cc1. The van der Waals surface area contributed by atoms with Crippen molar-refractivity contribution in [1.29, 1.82) is 0 Å². The van der Waals surface area contributed by atoms with Gasteiger partial charge in [0.05, 0.1) is 11.4 Å².